The molecule has 5 nitrogen and oxygen atoms in total. The Balaban J connectivity index is 2.18. The summed E-state index contributed by atoms with van der Waals surface area (Å²) in [5.41, 5.74) is 0.734. The summed E-state index contributed by atoms with van der Waals surface area (Å²) >= 11 is 6.06. The predicted molar refractivity (Wildman–Crippen MR) is 74.3 cm³/mol. The Bertz CT molecular complexity index is 527. The number of hydrogen-bond donors (Lipinski definition) is 1. The molecule has 1 aliphatic rings. The van der Waals surface area contributed by atoms with E-state index in [1.165, 1.54) is 6.08 Å². The maximum absolute atomic E-state index is 11.1. The number of ether oxygens (including phenoxy) is 1. The van der Waals surface area contributed by atoms with E-state index in [4.69, 9.17) is 16.3 Å². The van der Waals surface area contributed by atoms with Crippen molar-refractivity contribution in [3.8, 4) is 5.75 Å². The van der Waals surface area contributed by atoms with Gasteiger partial charge in [0.2, 0.25) is 0 Å². The van der Waals surface area contributed by atoms with Crippen molar-refractivity contribution in [2.45, 2.75) is 11.0 Å². The minimum Gasteiger partial charge on any atom is -0.497 e. The lowest BCUT2D eigenvalue weighted by molar-refractivity contribution is -0.528. The fourth-order valence-electron chi connectivity index (χ4n) is 1.79. The summed E-state index contributed by atoms with van der Waals surface area (Å²) < 4.78 is 5.05. The van der Waals surface area contributed by atoms with Gasteiger partial charge in [0.1, 0.15) is 11.8 Å². The Morgan fingerprint density at radius 2 is 2.05 bits per heavy atom. The molecule has 0 bridgehead atoms. The molecule has 100 valence electrons. The highest BCUT2D eigenvalue weighted by molar-refractivity contribution is 6.25. The quantitative estimate of drug-likeness (QED) is 0.399. The molecule has 2 atom stereocenters. The van der Waals surface area contributed by atoms with E-state index >= 15 is 0 Å². The van der Waals surface area contributed by atoms with Crippen molar-refractivity contribution in [3.05, 3.63) is 58.7 Å². The zero-order valence-corrected chi connectivity index (χ0v) is 11.0. The number of methoxy groups -OCH3 is 1. The number of nitro groups is 1. The third-order valence-electron chi connectivity index (χ3n) is 2.87. The largest absolute Gasteiger partial charge is 0.497 e. The second-order valence-electron chi connectivity index (χ2n) is 4.08. The van der Waals surface area contributed by atoms with Crippen molar-refractivity contribution in [3.63, 3.8) is 0 Å². The van der Waals surface area contributed by atoms with Gasteiger partial charge in [0, 0.05) is 16.7 Å². The number of nitrogens with one attached hydrogen (secondary N) is 1. The molecule has 0 heterocycles. The molecular weight excluding hydrogens is 268 g/mol. The van der Waals surface area contributed by atoms with Crippen LogP contribution >= 0.6 is 11.6 Å². The Morgan fingerprint density at radius 3 is 2.63 bits per heavy atom. The molecule has 1 aromatic carbocycles. The van der Waals surface area contributed by atoms with Gasteiger partial charge in [0.25, 0.3) is 0 Å². The number of nitrogens with zero attached hydrogens (tertiary/aromatic N) is 1. The normalized spacial score (nSPS) is 25.1. The highest BCUT2D eigenvalue weighted by Gasteiger charge is 2.46. The minimum atomic E-state index is -1.67. The summed E-state index contributed by atoms with van der Waals surface area (Å²) in [6.07, 6.45) is 6.34. The molecular formula is C13H13ClN2O3. The molecule has 0 aromatic heterocycles. The maximum atomic E-state index is 11.1. The lowest BCUT2D eigenvalue weighted by Crippen LogP contribution is -2.46. The van der Waals surface area contributed by atoms with Crippen LogP contribution in [0.4, 0.5) is 5.69 Å². The van der Waals surface area contributed by atoms with Crippen LogP contribution in [0.1, 0.15) is 0 Å². The Morgan fingerprint density at radius 1 is 1.37 bits per heavy atom. The van der Waals surface area contributed by atoms with Gasteiger partial charge in [0.15, 0.2) is 0 Å². The Labute approximate surface area is 115 Å². The molecule has 0 aliphatic heterocycles. The van der Waals surface area contributed by atoms with Gasteiger partial charge in [-0.15, -0.1) is 0 Å². The lowest BCUT2D eigenvalue weighted by atomic mass is 10.0. The number of alkyl halides is 1. The molecule has 2 rings (SSSR count). The van der Waals surface area contributed by atoms with Crippen LogP contribution in [0.25, 0.3) is 0 Å². The summed E-state index contributed by atoms with van der Waals surface area (Å²) in [5, 5.41) is 14.1. The van der Waals surface area contributed by atoms with E-state index in [0.29, 0.717) is 0 Å². The molecule has 19 heavy (non-hydrogen) atoms. The van der Waals surface area contributed by atoms with Crippen LogP contribution < -0.4 is 10.1 Å². The molecule has 1 aliphatic carbocycles. The third kappa shape index (κ3) is 2.71. The molecule has 0 saturated heterocycles. The van der Waals surface area contributed by atoms with Crippen LogP contribution in [-0.4, -0.2) is 23.1 Å². The van der Waals surface area contributed by atoms with Gasteiger partial charge >= 0.3 is 5.00 Å². The standard InChI is InChI=1S/C13H13ClN2O3/c1-19-11-7-5-10(6-8-11)15-12-4-2-3-9-13(12,14)16(17)18/h2-9,12,15H,1H3. The maximum Gasteiger partial charge on any atom is 0.337 e. The van der Waals surface area contributed by atoms with Crippen molar-refractivity contribution in [2.24, 2.45) is 0 Å². The van der Waals surface area contributed by atoms with Crippen LogP contribution in [0.2, 0.25) is 0 Å². The SMILES string of the molecule is COc1ccc(NC2C=CC=CC2(Cl)[N+](=O)[O-])cc1. The Kier molecular flexibility index (Phi) is 3.76. The second kappa shape index (κ2) is 5.32. The molecule has 1 N–H and O–H groups in total. The van der Waals surface area contributed by atoms with Gasteiger partial charge < -0.3 is 10.1 Å². The van der Waals surface area contributed by atoms with Crippen molar-refractivity contribution in [1.29, 1.82) is 0 Å². The molecule has 0 spiro atoms. The van der Waals surface area contributed by atoms with Gasteiger partial charge in [-0.05, 0) is 35.9 Å². The number of benzene rings is 1. The van der Waals surface area contributed by atoms with E-state index in [2.05, 4.69) is 5.32 Å². The summed E-state index contributed by atoms with van der Waals surface area (Å²) in [5.74, 6) is 0.719. The molecule has 6 heteroatoms. The summed E-state index contributed by atoms with van der Waals surface area (Å²) in [4.78, 5) is 8.93. The van der Waals surface area contributed by atoms with E-state index in [1.807, 2.05) is 0 Å². The molecule has 2 unspecified atom stereocenters. The van der Waals surface area contributed by atoms with Crippen molar-refractivity contribution >= 4 is 17.3 Å². The van der Waals surface area contributed by atoms with E-state index in [0.717, 1.165) is 11.4 Å². The van der Waals surface area contributed by atoms with Crippen LogP contribution in [0.3, 0.4) is 0 Å². The number of halogens is 1. The summed E-state index contributed by atoms with van der Waals surface area (Å²) in [6, 6.07) is 6.48. The van der Waals surface area contributed by atoms with E-state index in [9.17, 15) is 10.1 Å². The van der Waals surface area contributed by atoms with Crippen LogP contribution in [-0.2, 0) is 0 Å². The van der Waals surface area contributed by atoms with Crippen molar-refractivity contribution in [2.75, 3.05) is 12.4 Å². The van der Waals surface area contributed by atoms with Crippen LogP contribution in [0.5, 0.6) is 5.75 Å². The average molecular weight is 281 g/mol. The third-order valence-corrected chi connectivity index (χ3v) is 3.37. The highest BCUT2D eigenvalue weighted by atomic mass is 35.5. The zero-order chi connectivity index (χ0) is 13.9. The Hall–Kier alpha value is -2.01. The molecule has 1 aromatic rings. The predicted octanol–water partition coefficient (Wildman–Crippen LogP) is 2.81. The van der Waals surface area contributed by atoms with Gasteiger partial charge in [-0.25, -0.2) is 0 Å². The molecule has 0 amide bonds. The number of hydrogen-bond acceptors (Lipinski definition) is 4. The number of anilines is 1. The first-order chi connectivity index (χ1) is 9.06. The summed E-state index contributed by atoms with van der Waals surface area (Å²) in [6.45, 7) is 0. The van der Waals surface area contributed by atoms with Gasteiger partial charge in [-0.2, -0.15) is 0 Å². The fraction of sp³-hybridized carbons (Fsp3) is 0.231. The second-order valence-corrected chi connectivity index (χ2v) is 4.68. The van der Waals surface area contributed by atoms with E-state index < -0.39 is 16.0 Å². The van der Waals surface area contributed by atoms with Gasteiger partial charge in [-0.1, -0.05) is 18.2 Å². The smallest absolute Gasteiger partial charge is 0.337 e. The average Bonchev–Trinajstić information content (AvgIpc) is 2.42. The van der Waals surface area contributed by atoms with Crippen LogP contribution in [0, 0.1) is 10.1 Å². The van der Waals surface area contributed by atoms with E-state index in [1.54, 1.807) is 49.6 Å². The molecule has 0 radical (unpaired) electrons. The van der Waals surface area contributed by atoms with Crippen molar-refractivity contribution in [1.82, 2.24) is 0 Å². The first-order valence-electron chi connectivity index (χ1n) is 5.66. The lowest BCUT2D eigenvalue weighted by Gasteiger charge is -2.26. The summed E-state index contributed by atoms with van der Waals surface area (Å²) in [7, 11) is 1.58. The van der Waals surface area contributed by atoms with Crippen molar-refractivity contribution < 1.29 is 9.66 Å². The topological polar surface area (TPSA) is 64.4 Å². The minimum absolute atomic E-state index is 0.504. The van der Waals surface area contributed by atoms with Gasteiger partial charge in [0.05, 0.1) is 7.11 Å². The van der Waals surface area contributed by atoms with Gasteiger partial charge in [-0.3, -0.25) is 10.1 Å². The fourth-order valence-corrected chi connectivity index (χ4v) is 1.99. The zero-order valence-electron chi connectivity index (χ0n) is 10.2. The molecule has 0 fully saturated rings. The first-order valence-corrected chi connectivity index (χ1v) is 6.04. The number of rotatable bonds is 4. The van der Waals surface area contributed by atoms with E-state index in [-0.39, 0.29) is 0 Å². The first kappa shape index (κ1) is 13.4. The van der Waals surface area contributed by atoms with Crippen LogP contribution in [0.15, 0.2) is 48.6 Å². The number of allylic oxidation sites excluding steroid dienone is 2. The highest BCUT2D eigenvalue weighted by Crippen LogP contribution is 2.29. The molecule has 0 saturated carbocycles. The monoisotopic (exact) mass is 280 g/mol.